The fraction of sp³-hybridized carbons (Fsp3) is 0.467. The molecule has 8 nitrogen and oxygen atoms in total. The van der Waals surface area contributed by atoms with E-state index >= 15 is 0 Å². The van der Waals surface area contributed by atoms with E-state index in [4.69, 9.17) is 11.0 Å². The van der Waals surface area contributed by atoms with E-state index in [-0.39, 0.29) is 12.2 Å². The standard InChI is InChI=1S/C15H18N8/c1-10-19-14(22-21-10)6-13(17)20-12-4-5-23(9-12)15-3-2-11(7-16)8-18-15/h2-3,8,12,14H,4-6,9H2,1H3,(H2,17,20). The zero-order valence-electron chi connectivity index (χ0n) is 12.9. The number of hydrogen-bond acceptors (Lipinski definition) is 7. The lowest BCUT2D eigenvalue weighted by atomic mass is 10.2. The lowest BCUT2D eigenvalue weighted by Gasteiger charge is -2.16. The molecule has 2 atom stereocenters. The van der Waals surface area contributed by atoms with Crippen LogP contribution in [0.5, 0.6) is 0 Å². The summed E-state index contributed by atoms with van der Waals surface area (Å²) in [6.07, 6.45) is 2.80. The number of anilines is 1. The molecule has 1 fully saturated rings. The third-order valence-electron chi connectivity index (χ3n) is 3.78. The van der Waals surface area contributed by atoms with Gasteiger partial charge in [0.1, 0.15) is 17.7 Å². The average Bonchev–Trinajstić information content (AvgIpc) is 3.16. The number of nitrogens with two attached hydrogens (primary N) is 1. The average molecular weight is 310 g/mol. The molecular formula is C15H18N8. The molecule has 0 spiro atoms. The van der Waals surface area contributed by atoms with Crippen molar-refractivity contribution in [1.29, 1.82) is 5.26 Å². The van der Waals surface area contributed by atoms with Crippen LogP contribution in [0, 0.1) is 11.3 Å². The molecule has 3 heterocycles. The van der Waals surface area contributed by atoms with Gasteiger partial charge in [-0.05, 0) is 25.5 Å². The van der Waals surface area contributed by atoms with E-state index in [1.165, 1.54) is 0 Å². The zero-order valence-corrected chi connectivity index (χ0v) is 12.9. The van der Waals surface area contributed by atoms with E-state index in [1.807, 2.05) is 13.0 Å². The molecular weight excluding hydrogens is 292 g/mol. The van der Waals surface area contributed by atoms with E-state index < -0.39 is 0 Å². The first-order valence-electron chi connectivity index (χ1n) is 7.52. The van der Waals surface area contributed by atoms with Gasteiger partial charge in [-0.25, -0.2) is 9.98 Å². The summed E-state index contributed by atoms with van der Waals surface area (Å²) in [6.45, 7) is 3.46. The normalized spacial score (nSPS) is 23.9. The highest BCUT2D eigenvalue weighted by Gasteiger charge is 2.24. The molecule has 1 aromatic rings. The van der Waals surface area contributed by atoms with Gasteiger partial charge in [0.2, 0.25) is 0 Å². The highest BCUT2D eigenvalue weighted by molar-refractivity contribution is 5.84. The molecule has 1 saturated heterocycles. The number of rotatable bonds is 4. The second-order valence-electron chi connectivity index (χ2n) is 5.60. The monoisotopic (exact) mass is 310 g/mol. The minimum atomic E-state index is -0.226. The number of azo groups is 1. The number of nitriles is 1. The van der Waals surface area contributed by atoms with Gasteiger partial charge in [0.05, 0.1) is 17.4 Å². The van der Waals surface area contributed by atoms with Crippen LogP contribution in [0.15, 0.2) is 38.5 Å². The van der Waals surface area contributed by atoms with Crippen molar-refractivity contribution in [2.75, 3.05) is 18.0 Å². The smallest absolute Gasteiger partial charge is 0.169 e. The number of nitrogens with zero attached hydrogens (tertiary/aromatic N) is 7. The van der Waals surface area contributed by atoms with Crippen molar-refractivity contribution in [3.63, 3.8) is 0 Å². The van der Waals surface area contributed by atoms with Crippen molar-refractivity contribution >= 4 is 17.5 Å². The fourth-order valence-electron chi connectivity index (χ4n) is 2.67. The molecule has 0 radical (unpaired) electrons. The lowest BCUT2D eigenvalue weighted by molar-refractivity contribution is 0.710. The minimum Gasteiger partial charge on any atom is -0.387 e. The number of aliphatic imine (C=N–C) groups is 2. The molecule has 0 amide bonds. The third kappa shape index (κ3) is 3.69. The van der Waals surface area contributed by atoms with Crippen molar-refractivity contribution in [2.45, 2.75) is 32.0 Å². The van der Waals surface area contributed by atoms with Crippen molar-refractivity contribution in [3.8, 4) is 6.07 Å². The Kier molecular flexibility index (Phi) is 4.28. The zero-order chi connectivity index (χ0) is 16.2. The number of aromatic nitrogens is 1. The first kappa shape index (κ1) is 15.1. The topological polar surface area (TPSA) is 115 Å². The van der Waals surface area contributed by atoms with Crippen LogP contribution >= 0.6 is 0 Å². The Morgan fingerprint density at radius 3 is 3.04 bits per heavy atom. The van der Waals surface area contributed by atoms with Crippen LogP contribution in [-0.2, 0) is 0 Å². The van der Waals surface area contributed by atoms with Gasteiger partial charge in [-0.2, -0.15) is 10.4 Å². The Labute approximate surface area is 134 Å². The van der Waals surface area contributed by atoms with Gasteiger partial charge < -0.3 is 10.6 Å². The summed E-state index contributed by atoms with van der Waals surface area (Å²) in [7, 11) is 0. The molecule has 8 heteroatoms. The largest absolute Gasteiger partial charge is 0.387 e. The van der Waals surface area contributed by atoms with Crippen molar-refractivity contribution in [1.82, 2.24) is 4.98 Å². The third-order valence-corrected chi connectivity index (χ3v) is 3.78. The van der Waals surface area contributed by atoms with E-state index in [2.05, 4.69) is 36.2 Å². The van der Waals surface area contributed by atoms with Gasteiger partial charge in [-0.3, -0.25) is 4.99 Å². The molecule has 0 bridgehead atoms. The second-order valence-corrected chi connectivity index (χ2v) is 5.60. The molecule has 0 saturated carbocycles. The quantitative estimate of drug-likeness (QED) is 0.670. The number of hydrogen-bond donors (Lipinski definition) is 1. The van der Waals surface area contributed by atoms with Crippen LogP contribution in [0.25, 0.3) is 0 Å². The summed E-state index contributed by atoms with van der Waals surface area (Å²) in [6, 6.07) is 5.86. The molecule has 0 aromatic carbocycles. The summed E-state index contributed by atoms with van der Waals surface area (Å²) < 4.78 is 0. The van der Waals surface area contributed by atoms with Gasteiger partial charge in [0, 0.05) is 25.7 Å². The fourth-order valence-corrected chi connectivity index (χ4v) is 2.67. The van der Waals surface area contributed by atoms with Gasteiger partial charge in [-0.15, -0.1) is 5.11 Å². The summed E-state index contributed by atoms with van der Waals surface area (Å²) in [5.41, 5.74) is 6.57. The predicted octanol–water partition coefficient (Wildman–Crippen LogP) is 1.49. The Morgan fingerprint density at radius 2 is 2.39 bits per heavy atom. The molecule has 2 aliphatic rings. The van der Waals surface area contributed by atoms with E-state index in [9.17, 15) is 0 Å². The Morgan fingerprint density at radius 1 is 1.52 bits per heavy atom. The first-order valence-corrected chi connectivity index (χ1v) is 7.52. The molecule has 118 valence electrons. The number of amidine groups is 2. The molecule has 2 N–H and O–H groups in total. The van der Waals surface area contributed by atoms with Crippen LogP contribution in [0.3, 0.4) is 0 Å². The molecule has 2 aliphatic heterocycles. The maximum atomic E-state index is 8.81. The molecule has 0 aliphatic carbocycles. The van der Waals surface area contributed by atoms with Crippen molar-refractivity contribution in [2.24, 2.45) is 25.9 Å². The van der Waals surface area contributed by atoms with Crippen LogP contribution in [-0.4, -0.2) is 42.0 Å². The van der Waals surface area contributed by atoms with Gasteiger partial charge in [0.15, 0.2) is 6.17 Å². The summed E-state index contributed by atoms with van der Waals surface area (Å²) >= 11 is 0. The van der Waals surface area contributed by atoms with E-state index in [0.717, 1.165) is 25.3 Å². The Hall–Kier alpha value is -2.82. The van der Waals surface area contributed by atoms with Crippen molar-refractivity contribution < 1.29 is 0 Å². The van der Waals surface area contributed by atoms with Crippen molar-refractivity contribution in [3.05, 3.63) is 23.9 Å². The van der Waals surface area contributed by atoms with Crippen LogP contribution in [0.4, 0.5) is 5.82 Å². The predicted molar refractivity (Wildman–Crippen MR) is 87.6 cm³/mol. The molecule has 2 unspecified atom stereocenters. The van der Waals surface area contributed by atoms with Gasteiger partial charge in [-0.1, -0.05) is 0 Å². The molecule has 3 rings (SSSR count). The minimum absolute atomic E-state index is 0.149. The Balaban J connectivity index is 1.57. The maximum absolute atomic E-state index is 8.81. The molecule has 1 aromatic heterocycles. The summed E-state index contributed by atoms with van der Waals surface area (Å²) in [5, 5.41) is 16.7. The summed E-state index contributed by atoms with van der Waals surface area (Å²) in [5.74, 6) is 2.11. The Bertz CT molecular complexity index is 697. The van der Waals surface area contributed by atoms with Crippen LogP contribution in [0.1, 0.15) is 25.3 Å². The van der Waals surface area contributed by atoms with Gasteiger partial charge >= 0.3 is 0 Å². The number of pyridine rings is 1. The first-order chi connectivity index (χ1) is 11.1. The van der Waals surface area contributed by atoms with E-state index in [1.54, 1.807) is 12.3 Å². The van der Waals surface area contributed by atoms with Gasteiger partial charge in [0.25, 0.3) is 0 Å². The molecule has 23 heavy (non-hydrogen) atoms. The highest BCUT2D eigenvalue weighted by atomic mass is 15.3. The van der Waals surface area contributed by atoms with Crippen LogP contribution in [0.2, 0.25) is 0 Å². The maximum Gasteiger partial charge on any atom is 0.169 e. The lowest BCUT2D eigenvalue weighted by Crippen LogP contribution is -2.24. The van der Waals surface area contributed by atoms with E-state index in [0.29, 0.717) is 23.7 Å². The second kappa shape index (κ2) is 6.52. The SMILES string of the molecule is CC1=NC(CC(N)=NC2CCN(c3ccc(C#N)cn3)C2)N=N1. The summed E-state index contributed by atoms with van der Waals surface area (Å²) in [4.78, 5) is 15.3. The van der Waals surface area contributed by atoms with Crippen LogP contribution < -0.4 is 10.6 Å². The highest BCUT2D eigenvalue weighted by Crippen LogP contribution is 2.20.